The second kappa shape index (κ2) is 10.8. The summed E-state index contributed by atoms with van der Waals surface area (Å²) in [4.78, 5) is 33.6. The molecule has 2 atom stereocenters. The number of piperazine rings is 1. The maximum absolute atomic E-state index is 12.6. The first kappa shape index (κ1) is 25.3. The number of aromatic nitrogens is 2. The van der Waals surface area contributed by atoms with E-state index < -0.39 is 0 Å². The van der Waals surface area contributed by atoms with Gasteiger partial charge in [-0.2, -0.15) is 0 Å². The second-order valence-corrected chi connectivity index (χ2v) is 11.0. The third-order valence-electron chi connectivity index (χ3n) is 7.22. The molecule has 2 aliphatic rings. The predicted molar refractivity (Wildman–Crippen MR) is 139 cm³/mol. The Labute approximate surface area is 207 Å². The van der Waals surface area contributed by atoms with Crippen molar-refractivity contribution in [1.29, 1.82) is 0 Å². The molecule has 34 heavy (non-hydrogen) atoms. The zero-order valence-electron chi connectivity index (χ0n) is 21.6. The molecule has 0 amide bonds. The molecule has 0 N–H and O–H groups in total. The molecule has 0 bridgehead atoms. The highest BCUT2D eigenvalue weighted by molar-refractivity contribution is 7.20. The fourth-order valence-corrected chi connectivity index (χ4v) is 6.35. The Bertz CT molecular complexity index is 991. The first-order valence-corrected chi connectivity index (χ1v) is 13.4. The second-order valence-electron chi connectivity index (χ2n) is 10.00. The molecule has 9 heteroatoms. The number of esters is 1. The molecule has 0 aliphatic carbocycles. The molecule has 2 aliphatic heterocycles. The Morgan fingerprint density at radius 1 is 1.09 bits per heavy atom. The molecule has 0 saturated carbocycles. The summed E-state index contributed by atoms with van der Waals surface area (Å²) >= 11 is 1.43. The lowest BCUT2D eigenvalue weighted by Gasteiger charge is -2.37. The van der Waals surface area contributed by atoms with Crippen LogP contribution in [0.25, 0.3) is 10.2 Å². The van der Waals surface area contributed by atoms with Crippen molar-refractivity contribution in [1.82, 2.24) is 24.7 Å². The zero-order valence-corrected chi connectivity index (χ0v) is 22.5. The topological polar surface area (TPSA) is 65.0 Å². The normalized spacial score (nSPS) is 22.3. The molecule has 0 radical (unpaired) electrons. The van der Waals surface area contributed by atoms with E-state index in [9.17, 15) is 4.79 Å². The van der Waals surface area contributed by atoms with Gasteiger partial charge in [0.25, 0.3) is 0 Å². The maximum atomic E-state index is 12.6. The van der Waals surface area contributed by atoms with E-state index in [1.807, 2.05) is 27.9 Å². The van der Waals surface area contributed by atoms with Crippen molar-refractivity contribution in [3.8, 4) is 0 Å². The van der Waals surface area contributed by atoms with Gasteiger partial charge in [0, 0.05) is 51.4 Å². The van der Waals surface area contributed by atoms with Crippen molar-refractivity contribution in [2.45, 2.75) is 59.2 Å². The average Bonchev–Trinajstić information content (AvgIpc) is 3.30. The van der Waals surface area contributed by atoms with Crippen LogP contribution in [0.3, 0.4) is 0 Å². The number of fused-ring (bicyclic) bond motifs is 1. The Morgan fingerprint density at radius 2 is 1.76 bits per heavy atom. The Kier molecular flexibility index (Phi) is 8.07. The van der Waals surface area contributed by atoms with E-state index in [0.29, 0.717) is 30.1 Å². The molecule has 4 rings (SSSR count). The molecule has 2 aromatic rings. The van der Waals surface area contributed by atoms with Gasteiger partial charge >= 0.3 is 5.97 Å². The van der Waals surface area contributed by atoms with Crippen molar-refractivity contribution in [3.63, 3.8) is 0 Å². The van der Waals surface area contributed by atoms with Gasteiger partial charge in [-0.05, 0) is 60.2 Å². The summed E-state index contributed by atoms with van der Waals surface area (Å²) in [6.45, 7) is 15.8. The number of hydrogen-bond acceptors (Lipinski definition) is 9. The highest BCUT2D eigenvalue weighted by atomic mass is 32.1. The quantitative estimate of drug-likeness (QED) is 0.525. The molecule has 2 saturated heterocycles. The third kappa shape index (κ3) is 5.37. The highest BCUT2D eigenvalue weighted by Crippen LogP contribution is 2.36. The van der Waals surface area contributed by atoms with Gasteiger partial charge in [-0.1, -0.05) is 0 Å². The average molecular weight is 489 g/mol. The Morgan fingerprint density at radius 3 is 2.38 bits per heavy atom. The molecule has 4 heterocycles. The summed E-state index contributed by atoms with van der Waals surface area (Å²) in [6.07, 6.45) is 2.64. The summed E-state index contributed by atoms with van der Waals surface area (Å²) < 4.78 is 5.31. The smallest absolute Gasteiger partial charge is 0.348 e. The van der Waals surface area contributed by atoms with Gasteiger partial charge < -0.3 is 14.5 Å². The molecule has 2 fully saturated rings. The lowest BCUT2D eigenvalue weighted by atomic mass is 10.1. The van der Waals surface area contributed by atoms with E-state index in [0.717, 1.165) is 66.7 Å². The van der Waals surface area contributed by atoms with Crippen molar-refractivity contribution in [3.05, 3.63) is 16.3 Å². The number of hydrogen-bond donors (Lipinski definition) is 0. The van der Waals surface area contributed by atoms with E-state index in [-0.39, 0.29) is 5.97 Å². The number of nitrogens with zero attached hydrogens (tertiary/aromatic N) is 6. The van der Waals surface area contributed by atoms with Gasteiger partial charge in [-0.3, -0.25) is 9.80 Å². The number of carbonyl (C=O) groups is 1. The summed E-state index contributed by atoms with van der Waals surface area (Å²) in [7, 11) is 4.05. The number of anilines is 1. The first-order valence-electron chi connectivity index (χ1n) is 12.6. The van der Waals surface area contributed by atoms with Gasteiger partial charge in [0.15, 0.2) is 0 Å². The standard InChI is InChI=1S/C25H40N6O2S/c1-7-33-25(32)22-19(4)21-23(26-20(16-28(5)6)27-24(21)34-22)30-13-10-29(11-14-30)12-15-31-17(2)8-9-18(31)3/h17-18H,7-16H2,1-6H3. The van der Waals surface area contributed by atoms with Crippen LogP contribution in [-0.2, 0) is 11.3 Å². The van der Waals surface area contributed by atoms with Gasteiger partial charge in [0.2, 0.25) is 0 Å². The van der Waals surface area contributed by atoms with Gasteiger partial charge in [-0.25, -0.2) is 14.8 Å². The minimum absolute atomic E-state index is 0.265. The molecule has 2 aromatic heterocycles. The van der Waals surface area contributed by atoms with Crippen LogP contribution >= 0.6 is 11.3 Å². The number of carbonyl (C=O) groups excluding carboxylic acids is 1. The van der Waals surface area contributed by atoms with Gasteiger partial charge in [-0.15, -0.1) is 11.3 Å². The van der Waals surface area contributed by atoms with Crippen LogP contribution in [0.1, 0.15) is 54.7 Å². The molecule has 8 nitrogen and oxygen atoms in total. The number of rotatable bonds is 8. The summed E-state index contributed by atoms with van der Waals surface area (Å²) in [6, 6.07) is 1.41. The summed E-state index contributed by atoms with van der Waals surface area (Å²) in [5, 5.41) is 1.00. The minimum atomic E-state index is -0.265. The predicted octanol–water partition coefficient (Wildman–Crippen LogP) is 3.23. The SMILES string of the molecule is CCOC(=O)c1sc2nc(CN(C)C)nc(N3CCN(CCN4C(C)CCC4C)CC3)c2c1C. The third-order valence-corrected chi connectivity index (χ3v) is 8.38. The molecule has 188 valence electrons. The molecule has 2 unspecified atom stereocenters. The van der Waals surface area contributed by atoms with E-state index in [1.54, 1.807) is 0 Å². The van der Waals surface area contributed by atoms with Crippen molar-refractivity contribution < 1.29 is 9.53 Å². The number of likely N-dealkylation sites (tertiary alicyclic amines) is 1. The van der Waals surface area contributed by atoms with Crippen LogP contribution in [0, 0.1) is 6.92 Å². The fraction of sp³-hybridized carbons (Fsp3) is 0.720. The van der Waals surface area contributed by atoms with Crippen LogP contribution in [0.5, 0.6) is 0 Å². The van der Waals surface area contributed by atoms with Crippen LogP contribution in [-0.4, -0.2) is 103 Å². The largest absolute Gasteiger partial charge is 0.462 e. The lowest BCUT2D eigenvalue weighted by Crippen LogP contribution is -2.49. The number of ether oxygens (including phenoxy) is 1. The fourth-order valence-electron chi connectivity index (χ4n) is 5.26. The monoisotopic (exact) mass is 488 g/mol. The number of thiophene rings is 1. The van der Waals surface area contributed by atoms with E-state index in [4.69, 9.17) is 14.7 Å². The maximum Gasteiger partial charge on any atom is 0.348 e. The molecular weight excluding hydrogens is 448 g/mol. The summed E-state index contributed by atoms with van der Waals surface area (Å²) in [5.41, 5.74) is 0.935. The molecule has 0 aromatic carbocycles. The van der Waals surface area contributed by atoms with Crippen molar-refractivity contribution in [2.24, 2.45) is 0 Å². The van der Waals surface area contributed by atoms with Crippen molar-refractivity contribution in [2.75, 3.05) is 64.9 Å². The van der Waals surface area contributed by atoms with Crippen LogP contribution < -0.4 is 4.90 Å². The highest BCUT2D eigenvalue weighted by Gasteiger charge is 2.29. The van der Waals surface area contributed by atoms with Gasteiger partial charge in [0.05, 0.1) is 18.5 Å². The lowest BCUT2D eigenvalue weighted by molar-refractivity contribution is 0.0531. The van der Waals surface area contributed by atoms with E-state index in [1.165, 1.54) is 24.2 Å². The van der Waals surface area contributed by atoms with E-state index >= 15 is 0 Å². The molecular formula is C25H40N6O2S. The number of aryl methyl sites for hydroxylation is 1. The Balaban J connectivity index is 1.52. The minimum Gasteiger partial charge on any atom is -0.462 e. The van der Waals surface area contributed by atoms with E-state index in [2.05, 4.69) is 33.4 Å². The summed E-state index contributed by atoms with van der Waals surface area (Å²) in [5.74, 6) is 1.49. The zero-order chi connectivity index (χ0) is 24.4. The van der Waals surface area contributed by atoms with Gasteiger partial charge in [0.1, 0.15) is 21.3 Å². The van der Waals surface area contributed by atoms with Crippen molar-refractivity contribution >= 4 is 33.3 Å². The van der Waals surface area contributed by atoms with Crippen LogP contribution in [0.2, 0.25) is 0 Å². The first-order chi connectivity index (χ1) is 16.3. The molecule has 0 spiro atoms. The van der Waals surface area contributed by atoms with Crippen LogP contribution in [0.4, 0.5) is 5.82 Å². The Hall–Kier alpha value is -1.81. The van der Waals surface area contributed by atoms with Crippen LogP contribution in [0.15, 0.2) is 0 Å².